The molecule has 22 heavy (non-hydrogen) atoms. The van der Waals surface area contributed by atoms with Gasteiger partial charge in [-0.3, -0.25) is 14.4 Å². The molecule has 0 aliphatic rings. The van der Waals surface area contributed by atoms with Crippen LogP contribution in [0.5, 0.6) is 0 Å². The maximum atomic E-state index is 12.5. The molecule has 0 saturated heterocycles. The highest BCUT2D eigenvalue weighted by molar-refractivity contribution is 7.81. The van der Waals surface area contributed by atoms with Crippen LogP contribution in [-0.2, 0) is 14.4 Å². The second-order valence-electron chi connectivity index (χ2n) is 7.15. The van der Waals surface area contributed by atoms with Crippen molar-refractivity contribution < 1.29 is 14.4 Å². The fourth-order valence-electron chi connectivity index (χ4n) is 2.27. The van der Waals surface area contributed by atoms with Crippen LogP contribution in [0.15, 0.2) is 0 Å². The van der Waals surface area contributed by atoms with Crippen LogP contribution < -0.4 is 10.6 Å². The van der Waals surface area contributed by atoms with Crippen molar-refractivity contribution in [1.29, 1.82) is 0 Å². The quantitative estimate of drug-likeness (QED) is 0.594. The van der Waals surface area contributed by atoms with Gasteiger partial charge in [0.05, 0.1) is 0 Å². The Morgan fingerprint density at radius 2 is 1.64 bits per heavy atom. The molecule has 0 heterocycles. The Balaban J connectivity index is 5.11. The molecule has 0 bridgehead atoms. The lowest BCUT2D eigenvalue weighted by Crippen LogP contribution is -2.54. The van der Waals surface area contributed by atoms with Crippen molar-refractivity contribution >= 4 is 30.2 Å². The van der Waals surface area contributed by atoms with Gasteiger partial charge in [0, 0.05) is 25.1 Å². The number of ketones is 1. The predicted molar refractivity (Wildman–Crippen MR) is 91.9 cm³/mol. The second-order valence-corrected chi connectivity index (χ2v) is 7.47. The predicted octanol–water partition coefficient (Wildman–Crippen LogP) is 1.81. The van der Waals surface area contributed by atoms with Crippen molar-refractivity contribution in [2.45, 2.75) is 53.5 Å². The van der Waals surface area contributed by atoms with Crippen LogP contribution in [-0.4, -0.2) is 36.4 Å². The van der Waals surface area contributed by atoms with Gasteiger partial charge in [0.1, 0.15) is 11.8 Å². The van der Waals surface area contributed by atoms with Gasteiger partial charge in [0.2, 0.25) is 11.8 Å². The topological polar surface area (TPSA) is 75.3 Å². The summed E-state index contributed by atoms with van der Waals surface area (Å²) in [5, 5.41) is 5.39. The molecule has 2 N–H and O–H groups in total. The van der Waals surface area contributed by atoms with Crippen LogP contribution in [0.4, 0.5) is 0 Å². The Morgan fingerprint density at radius 3 is 2.00 bits per heavy atom. The summed E-state index contributed by atoms with van der Waals surface area (Å²) in [4.78, 5) is 36.2. The summed E-state index contributed by atoms with van der Waals surface area (Å²) in [5.41, 5.74) is -0.411. The maximum Gasteiger partial charge on any atom is 0.242 e. The van der Waals surface area contributed by atoms with Gasteiger partial charge in [-0.05, 0) is 17.8 Å². The van der Waals surface area contributed by atoms with Crippen molar-refractivity contribution in [2.24, 2.45) is 17.3 Å². The van der Waals surface area contributed by atoms with E-state index >= 15 is 0 Å². The minimum absolute atomic E-state index is 0.0589. The molecule has 0 aliphatic carbocycles. The third kappa shape index (κ3) is 7.29. The van der Waals surface area contributed by atoms with Crippen LogP contribution in [0.25, 0.3) is 0 Å². The number of carbonyl (C=O) groups is 3. The van der Waals surface area contributed by atoms with Crippen molar-refractivity contribution in [3.63, 3.8) is 0 Å². The average Bonchev–Trinajstić information content (AvgIpc) is 2.40. The van der Waals surface area contributed by atoms with Gasteiger partial charge in [-0.25, -0.2) is 0 Å². The molecule has 0 unspecified atom stereocenters. The zero-order valence-electron chi connectivity index (χ0n) is 14.5. The summed E-state index contributed by atoms with van der Waals surface area (Å²) in [6.07, 6.45) is 0.772. The number of hydrogen-bond donors (Lipinski definition) is 3. The van der Waals surface area contributed by atoms with Gasteiger partial charge in [0.15, 0.2) is 0 Å². The average molecular weight is 330 g/mol. The monoisotopic (exact) mass is 330 g/mol. The van der Waals surface area contributed by atoms with E-state index in [9.17, 15) is 14.4 Å². The van der Waals surface area contributed by atoms with Gasteiger partial charge in [0.25, 0.3) is 0 Å². The zero-order valence-corrected chi connectivity index (χ0v) is 15.4. The summed E-state index contributed by atoms with van der Waals surface area (Å²) in [7, 11) is 1.54. The SMILES string of the molecule is CNC(=O)[C@@H](NC(=O)[C@H](CC(=O)CS)CC(C)C)C(C)(C)C. The van der Waals surface area contributed by atoms with E-state index in [0.29, 0.717) is 6.42 Å². The number of Topliss-reactive ketones (excluding diaryl/α,β-unsaturated/α-hetero) is 1. The lowest BCUT2D eigenvalue weighted by atomic mass is 9.85. The number of nitrogens with one attached hydrogen (secondary N) is 2. The molecular formula is C16H30N2O3S. The van der Waals surface area contributed by atoms with Crippen LogP contribution in [0, 0.1) is 17.3 Å². The van der Waals surface area contributed by atoms with Gasteiger partial charge < -0.3 is 10.6 Å². The third-order valence-electron chi connectivity index (χ3n) is 3.44. The molecule has 2 amide bonds. The molecule has 6 heteroatoms. The maximum absolute atomic E-state index is 12.5. The molecule has 0 aliphatic heterocycles. The fourth-order valence-corrected chi connectivity index (χ4v) is 2.40. The first-order chi connectivity index (χ1) is 10.0. The normalized spacial score (nSPS) is 14.4. The number of carbonyl (C=O) groups excluding carboxylic acids is 3. The summed E-state index contributed by atoms with van der Waals surface area (Å²) in [6.45, 7) is 9.69. The molecule has 5 nitrogen and oxygen atoms in total. The van der Waals surface area contributed by atoms with Gasteiger partial charge in [-0.1, -0.05) is 34.6 Å². The Labute approximate surface area is 139 Å². The molecule has 0 fully saturated rings. The molecule has 128 valence electrons. The first-order valence-electron chi connectivity index (χ1n) is 7.67. The minimum atomic E-state index is -0.634. The van der Waals surface area contributed by atoms with Gasteiger partial charge in [-0.2, -0.15) is 12.6 Å². The minimum Gasteiger partial charge on any atom is -0.357 e. The molecule has 0 aromatic heterocycles. The Hall–Kier alpha value is -1.04. The highest BCUT2D eigenvalue weighted by Crippen LogP contribution is 2.22. The van der Waals surface area contributed by atoms with E-state index in [-0.39, 0.29) is 35.7 Å². The summed E-state index contributed by atoms with van der Waals surface area (Å²) in [5.74, 6) is -0.542. The van der Waals surface area contributed by atoms with E-state index in [4.69, 9.17) is 0 Å². The number of thiol groups is 1. The van der Waals surface area contributed by atoms with E-state index in [2.05, 4.69) is 23.3 Å². The van der Waals surface area contributed by atoms with E-state index in [1.54, 1.807) is 7.05 Å². The number of rotatable bonds is 8. The van der Waals surface area contributed by atoms with E-state index < -0.39 is 17.4 Å². The van der Waals surface area contributed by atoms with E-state index in [0.717, 1.165) is 0 Å². The standard InChI is InChI=1S/C16H30N2O3S/c1-10(2)7-11(8-12(19)9-22)14(20)18-13(15(21)17-6)16(3,4)5/h10-11,13,22H,7-9H2,1-6H3,(H,17,21)(H,18,20)/t11-,13+/m0/s1. The second kappa shape index (κ2) is 9.18. The number of amides is 2. The lowest BCUT2D eigenvalue weighted by molar-refractivity contribution is -0.134. The van der Waals surface area contributed by atoms with Crippen LogP contribution in [0.3, 0.4) is 0 Å². The first-order valence-corrected chi connectivity index (χ1v) is 8.30. The fraction of sp³-hybridized carbons (Fsp3) is 0.812. The first kappa shape index (κ1) is 21.0. The molecule has 2 atom stereocenters. The Bertz CT molecular complexity index is 403. The highest BCUT2D eigenvalue weighted by Gasteiger charge is 2.34. The molecule has 0 saturated carbocycles. The lowest BCUT2D eigenvalue weighted by Gasteiger charge is -2.31. The molecule has 0 rings (SSSR count). The highest BCUT2D eigenvalue weighted by atomic mass is 32.1. The Kier molecular flexibility index (Phi) is 8.74. The molecule has 0 radical (unpaired) electrons. The largest absolute Gasteiger partial charge is 0.357 e. The van der Waals surface area contributed by atoms with E-state index in [1.165, 1.54) is 0 Å². The Morgan fingerprint density at radius 1 is 1.09 bits per heavy atom. The van der Waals surface area contributed by atoms with Gasteiger partial charge >= 0.3 is 0 Å². The zero-order chi connectivity index (χ0) is 17.5. The molecule has 0 spiro atoms. The van der Waals surface area contributed by atoms with Crippen molar-refractivity contribution in [1.82, 2.24) is 10.6 Å². The number of hydrogen-bond acceptors (Lipinski definition) is 4. The van der Waals surface area contributed by atoms with Gasteiger partial charge in [-0.15, -0.1) is 0 Å². The summed E-state index contributed by atoms with van der Waals surface area (Å²) in [6, 6.07) is -0.634. The number of likely N-dealkylation sites (N-methyl/N-ethyl adjacent to an activating group) is 1. The summed E-state index contributed by atoms with van der Waals surface area (Å²) < 4.78 is 0. The molecule has 0 aromatic carbocycles. The molecular weight excluding hydrogens is 300 g/mol. The van der Waals surface area contributed by atoms with Crippen molar-refractivity contribution in [3.8, 4) is 0 Å². The smallest absolute Gasteiger partial charge is 0.242 e. The van der Waals surface area contributed by atoms with Crippen LogP contribution in [0.1, 0.15) is 47.5 Å². The van der Waals surface area contributed by atoms with Crippen molar-refractivity contribution in [3.05, 3.63) is 0 Å². The van der Waals surface area contributed by atoms with Crippen LogP contribution in [0.2, 0.25) is 0 Å². The third-order valence-corrected chi connectivity index (χ3v) is 3.79. The van der Waals surface area contributed by atoms with E-state index in [1.807, 2.05) is 34.6 Å². The summed E-state index contributed by atoms with van der Waals surface area (Å²) >= 11 is 3.97. The van der Waals surface area contributed by atoms with Crippen LogP contribution >= 0.6 is 12.6 Å². The molecule has 0 aromatic rings. The van der Waals surface area contributed by atoms with Crippen molar-refractivity contribution in [2.75, 3.05) is 12.8 Å².